The third-order valence-electron chi connectivity index (χ3n) is 10.6. The molecule has 11 rings (SSSR count). The largest absolute Gasteiger partial charge is 0.309 e. The molecule has 0 unspecified atom stereocenters. The summed E-state index contributed by atoms with van der Waals surface area (Å²) in [7, 11) is 0. The third kappa shape index (κ3) is 3.90. The van der Waals surface area contributed by atoms with E-state index < -0.39 is 0 Å². The molecule has 2 heteroatoms. The van der Waals surface area contributed by atoms with Crippen molar-refractivity contribution in [3.63, 3.8) is 0 Å². The maximum absolute atomic E-state index is 2.43. The minimum Gasteiger partial charge on any atom is -0.309 e. The van der Waals surface area contributed by atoms with Gasteiger partial charge in [-0.15, -0.1) is 0 Å². The van der Waals surface area contributed by atoms with Gasteiger partial charge in [0.15, 0.2) is 0 Å². The number of hydrogen-bond acceptors (Lipinski definition) is 0. The molecule has 0 radical (unpaired) electrons. The van der Waals surface area contributed by atoms with Crippen LogP contribution in [0.1, 0.15) is 0 Å². The van der Waals surface area contributed by atoms with Crippen molar-refractivity contribution in [2.24, 2.45) is 0 Å². The van der Waals surface area contributed by atoms with Crippen LogP contribution in [-0.2, 0) is 0 Å². The zero-order valence-corrected chi connectivity index (χ0v) is 27.2. The molecule has 0 bridgehead atoms. The van der Waals surface area contributed by atoms with Crippen molar-refractivity contribution in [3.8, 4) is 22.5 Å². The summed E-state index contributed by atoms with van der Waals surface area (Å²) in [4.78, 5) is 0. The van der Waals surface area contributed by atoms with Gasteiger partial charge in [0.1, 0.15) is 0 Å². The minimum atomic E-state index is 1.18. The van der Waals surface area contributed by atoms with Gasteiger partial charge in [-0.05, 0) is 104 Å². The van der Waals surface area contributed by atoms with E-state index in [0.717, 1.165) is 0 Å². The smallest absolute Gasteiger partial charge is 0.0547 e. The van der Waals surface area contributed by atoms with Gasteiger partial charge in [-0.25, -0.2) is 0 Å². The third-order valence-corrected chi connectivity index (χ3v) is 10.6. The van der Waals surface area contributed by atoms with Crippen LogP contribution < -0.4 is 0 Å². The van der Waals surface area contributed by atoms with Gasteiger partial charge in [-0.3, -0.25) is 0 Å². The number of rotatable bonds is 3. The Bertz CT molecular complexity index is 3140. The summed E-state index contributed by atoms with van der Waals surface area (Å²) in [6, 6.07) is 66.8. The van der Waals surface area contributed by atoms with Crippen molar-refractivity contribution in [1.29, 1.82) is 0 Å². The van der Waals surface area contributed by atoms with Crippen molar-refractivity contribution < 1.29 is 0 Å². The number of nitrogens with zero attached hydrogens (tertiary/aromatic N) is 2. The summed E-state index contributed by atoms with van der Waals surface area (Å²) in [6.07, 6.45) is 0. The van der Waals surface area contributed by atoms with Crippen LogP contribution in [0.2, 0.25) is 0 Å². The van der Waals surface area contributed by atoms with Crippen LogP contribution >= 0.6 is 0 Å². The monoisotopic (exact) mass is 634 g/mol. The fraction of sp³-hybridized carbons (Fsp3) is 0. The molecule has 2 aromatic heterocycles. The summed E-state index contributed by atoms with van der Waals surface area (Å²) in [5.41, 5.74) is 9.69. The zero-order valence-electron chi connectivity index (χ0n) is 27.2. The van der Waals surface area contributed by atoms with E-state index in [-0.39, 0.29) is 0 Å². The van der Waals surface area contributed by atoms with Crippen LogP contribution in [0.15, 0.2) is 182 Å². The Labute approximate surface area is 288 Å². The normalized spacial score (nSPS) is 12.0. The molecular weight excluding hydrogens is 605 g/mol. The number of fused-ring (bicyclic) bond motifs is 11. The van der Waals surface area contributed by atoms with E-state index in [1.807, 2.05) is 0 Å². The molecule has 0 saturated carbocycles. The minimum absolute atomic E-state index is 1.18. The SMILES string of the molecule is c1ccc(-n2c3ccccc3c3c4cc(-c5ccc6ccc7c(c6c5)c5ccccc5n7-c5ccc6ccccc6c5)ccc4ccc32)cc1. The van der Waals surface area contributed by atoms with Crippen LogP contribution in [-0.4, -0.2) is 9.13 Å². The fourth-order valence-electron chi connectivity index (χ4n) is 8.38. The number of hydrogen-bond donors (Lipinski definition) is 0. The zero-order chi connectivity index (χ0) is 32.8. The molecular formula is C48H30N2. The molecule has 0 atom stereocenters. The molecule has 50 heavy (non-hydrogen) atoms. The van der Waals surface area contributed by atoms with Gasteiger partial charge in [0.05, 0.1) is 22.1 Å². The van der Waals surface area contributed by atoms with Gasteiger partial charge >= 0.3 is 0 Å². The molecule has 9 aromatic carbocycles. The van der Waals surface area contributed by atoms with E-state index in [4.69, 9.17) is 0 Å². The van der Waals surface area contributed by atoms with Crippen LogP contribution in [0.5, 0.6) is 0 Å². The van der Waals surface area contributed by atoms with Gasteiger partial charge in [0.2, 0.25) is 0 Å². The van der Waals surface area contributed by atoms with E-state index in [0.29, 0.717) is 0 Å². The molecule has 0 N–H and O–H groups in total. The molecule has 0 aliphatic carbocycles. The molecule has 0 amide bonds. The van der Waals surface area contributed by atoms with E-state index in [9.17, 15) is 0 Å². The highest BCUT2D eigenvalue weighted by Crippen LogP contribution is 2.41. The highest BCUT2D eigenvalue weighted by molar-refractivity contribution is 6.23. The maximum Gasteiger partial charge on any atom is 0.0547 e. The Morgan fingerprint density at radius 2 is 0.740 bits per heavy atom. The Kier molecular flexibility index (Phi) is 5.70. The number of aromatic nitrogens is 2. The van der Waals surface area contributed by atoms with Crippen molar-refractivity contribution in [1.82, 2.24) is 9.13 Å². The van der Waals surface area contributed by atoms with Crippen LogP contribution in [0.25, 0.3) is 98.4 Å². The standard InChI is InChI=1S/C48H30N2/c1-2-12-37(13-3-1)49-43-16-8-6-14-39(43)47-41-29-35(20-18-32(41)23-26-45(47)49)36-21-19-33-24-27-46-48(42(33)30-36)40-15-7-9-17-44(40)50(46)38-25-22-31-10-4-5-11-34(31)28-38/h1-30H. The van der Waals surface area contributed by atoms with E-state index in [1.165, 1.54) is 98.4 Å². The predicted molar refractivity (Wildman–Crippen MR) is 213 cm³/mol. The van der Waals surface area contributed by atoms with Gasteiger partial charge in [0, 0.05) is 32.9 Å². The van der Waals surface area contributed by atoms with Gasteiger partial charge < -0.3 is 9.13 Å². The number of para-hydroxylation sites is 3. The second-order valence-electron chi connectivity index (χ2n) is 13.4. The van der Waals surface area contributed by atoms with Crippen LogP contribution in [0.4, 0.5) is 0 Å². The molecule has 0 aliphatic rings. The Morgan fingerprint density at radius 1 is 0.260 bits per heavy atom. The quantitative estimate of drug-likeness (QED) is 0.183. The second-order valence-corrected chi connectivity index (χ2v) is 13.4. The lowest BCUT2D eigenvalue weighted by Gasteiger charge is -2.11. The number of benzene rings is 9. The average Bonchev–Trinajstić information content (AvgIpc) is 3.71. The van der Waals surface area contributed by atoms with Crippen LogP contribution in [0, 0.1) is 0 Å². The molecule has 232 valence electrons. The van der Waals surface area contributed by atoms with Crippen molar-refractivity contribution in [2.75, 3.05) is 0 Å². The van der Waals surface area contributed by atoms with E-state index >= 15 is 0 Å². The summed E-state index contributed by atoms with van der Waals surface area (Å²) in [6.45, 7) is 0. The summed E-state index contributed by atoms with van der Waals surface area (Å²) >= 11 is 0. The first kappa shape index (κ1) is 27.3. The van der Waals surface area contributed by atoms with Crippen molar-refractivity contribution >= 4 is 75.9 Å². The Hall–Kier alpha value is -6.64. The summed E-state index contributed by atoms with van der Waals surface area (Å²) in [5, 5.41) is 12.7. The van der Waals surface area contributed by atoms with Gasteiger partial charge in [-0.1, -0.05) is 121 Å². The molecule has 0 saturated heterocycles. The van der Waals surface area contributed by atoms with Crippen molar-refractivity contribution in [2.45, 2.75) is 0 Å². The van der Waals surface area contributed by atoms with Crippen LogP contribution in [0.3, 0.4) is 0 Å². The summed E-state index contributed by atoms with van der Waals surface area (Å²) < 4.78 is 4.83. The average molecular weight is 635 g/mol. The Balaban J connectivity index is 1.15. The molecule has 2 nitrogen and oxygen atoms in total. The lowest BCUT2D eigenvalue weighted by Crippen LogP contribution is -1.93. The van der Waals surface area contributed by atoms with Crippen molar-refractivity contribution in [3.05, 3.63) is 182 Å². The van der Waals surface area contributed by atoms with E-state index in [1.54, 1.807) is 0 Å². The highest BCUT2D eigenvalue weighted by Gasteiger charge is 2.17. The first-order chi connectivity index (χ1) is 24.8. The lowest BCUT2D eigenvalue weighted by atomic mass is 9.95. The maximum atomic E-state index is 2.43. The second kappa shape index (κ2) is 10.4. The van der Waals surface area contributed by atoms with Gasteiger partial charge in [0.25, 0.3) is 0 Å². The molecule has 0 aliphatic heterocycles. The molecule has 2 heterocycles. The lowest BCUT2D eigenvalue weighted by molar-refractivity contribution is 1.18. The predicted octanol–water partition coefficient (Wildman–Crippen LogP) is 13.0. The van der Waals surface area contributed by atoms with Gasteiger partial charge in [-0.2, -0.15) is 0 Å². The molecule has 0 fully saturated rings. The molecule has 0 spiro atoms. The van der Waals surface area contributed by atoms with E-state index in [2.05, 4.69) is 191 Å². The first-order valence-electron chi connectivity index (χ1n) is 17.3. The fourth-order valence-corrected chi connectivity index (χ4v) is 8.38. The molecule has 11 aromatic rings. The first-order valence-corrected chi connectivity index (χ1v) is 17.3. The topological polar surface area (TPSA) is 9.86 Å². The Morgan fingerprint density at radius 3 is 1.36 bits per heavy atom. The summed E-state index contributed by atoms with van der Waals surface area (Å²) in [5.74, 6) is 0. The highest BCUT2D eigenvalue weighted by atomic mass is 15.0.